The highest BCUT2D eigenvalue weighted by Gasteiger charge is 2.32. The van der Waals surface area contributed by atoms with Gasteiger partial charge >= 0.3 is 5.97 Å². The molecule has 38 heavy (non-hydrogen) atoms. The van der Waals surface area contributed by atoms with E-state index in [4.69, 9.17) is 4.74 Å². The van der Waals surface area contributed by atoms with E-state index in [2.05, 4.69) is 0 Å². The molecule has 3 heterocycles. The zero-order valence-corrected chi connectivity index (χ0v) is 22.3. The normalized spacial score (nSPS) is 17.3. The summed E-state index contributed by atoms with van der Waals surface area (Å²) in [7, 11) is 0. The van der Waals surface area contributed by atoms with Gasteiger partial charge in [0, 0.05) is 31.6 Å². The van der Waals surface area contributed by atoms with Crippen LogP contribution in [0.15, 0.2) is 58.7 Å². The lowest BCUT2D eigenvalue weighted by Gasteiger charge is -2.38. The number of ether oxygens (including phenoxy) is 1. The molecule has 9 heteroatoms. The number of halogens is 1. The third kappa shape index (κ3) is 5.07. The number of fused-ring (bicyclic) bond motifs is 1. The first-order valence-electron chi connectivity index (χ1n) is 12.8. The molecule has 3 aromatic rings. The lowest BCUT2D eigenvalue weighted by Crippen LogP contribution is -2.51. The second-order valence-corrected chi connectivity index (χ2v) is 10.6. The molecule has 198 valence electrons. The van der Waals surface area contributed by atoms with Crippen LogP contribution < -0.4 is 10.5 Å². The quantitative estimate of drug-likeness (QED) is 0.438. The third-order valence-corrected chi connectivity index (χ3v) is 8.07. The number of anilines is 1. The number of aryl methyl sites for hydroxylation is 1. The van der Waals surface area contributed by atoms with Crippen LogP contribution in [0.5, 0.6) is 0 Å². The van der Waals surface area contributed by atoms with E-state index in [1.54, 1.807) is 35.4 Å². The first-order chi connectivity index (χ1) is 18.4. The van der Waals surface area contributed by atoms with E-state index in [0.717, 1.165) is 22.9 Å². The Morgan fingerprint density at radius 3 is 2.47 bits per heavy atom. The Morgan fingerprint density at radius 2 is 1.82 bits per heavy atom. The smallest absolute Gasteiger partial charge is 0.345 e. The van der Waals surface area contributed by atoms with Crippen molar-refractivity contribution in [2.45, 2.75) is 32.1 Å². The summed E-state index contributed by atoms with van der Waals surface area (Å²) in [5, 5.41) is 2.67. The number of amides is 1. The van der Waals surface area contributed by atoms with Crippen molar-refractivity contribution in [2.24, 2.45) is 0 Å². The average molecular weight is 536 g/mol. The van der Waals surface area contributed by atoms with Gasteiger partial charge < -0.3 is 19.1 Å². The van der Waals surface area contributed by atoms with Crippen LogP contribution in [0.2, 0.25) is 0 Å². The van der Waals surface area contributed by atoms with Gasteiger partial charge in [0.2, 0.25) is 5.91 Å². The minimum atomic E-state index is -0.671. The van der Waals surface area contributed by atoms with Crippen molar-refractivity contribution in [3.63, 3.8) is 0 Å². The summed E-state index contributed by atoms with van der Waals surface area (Å²) in [5.41, 5.74) is 2.49. The van der Waals surface area contributed by atoms with E-state index < -0.39 is 11.5 Å². The van der Waals surface area contributed by atoms with Crippen molar-refractivity contribution >= 4 is 40.2 Å². The molecular weight excluding hydrogens is 505 g/mol. The van der Waals surface area contributed by atoms with Crippen LogP contribution in [0.25, 0.3) is 10.9 Å². The molecule has 1 unspecified atom stereocenters. The summed E-state index contributed by atoms with van der Waals surface area (Å²) in [6.07, 6.45) is 2.76. The largest absolute Gasteiger partial charge is 0.462 e. The molecule has 0 bridgehead atoms. The molecule has 1 atom stereocenters. The predicted molar refractivity (Wildman–Crippen MR) is 148 cm³/mol. The number of hydrogen-bond donors (Lipinski definition) is 0. The first-order valence-corrected chi connectivity index (χ1v) is 13.7. The van der Waals surface area contributed by atoms with Gasteiger partial charge in [0.15, 0.2) is 0 Å². The Hall–Kier alpha value is -3.59. The molecule has 0 N–H and O–H groups in total. The Morgan fingerprint density at radius 1 is 1.08 bits per heavy atom. The molecule has 1 fully saturated rings. The zero-order valence-electron chi connectivity index (χ0n) is 21.5. The van der Waals surface area contributed by atoms with Gasteiger partial charge in [-0.2, -0.15) is 0 Å². The van der Waals surface area contributed by atoms with E-state index in [0.29, 0.717) is 37.4 Å². The number of hydrogen-bond acceptors (Lipinski definition) is 6. The van der Waals surface area contributed by atoms with Gasteiger partial charge in [-0.05, 0) is 55.5 Å². The molecule has 0 aliphatic carbocycles. The molecule has 1 amide bonds. The lowest BCUT2D eigenvalue weighted by atomic mass is 10.0. The molecule has 7 nitrogen and oxygen atoms in total. The number of nitrogens with zero attached hydrogens (tertiary/aromatic N) is 3. The molecular formula is C29H30FN3O4S. The topological polar surface area (TPSA) is 71.8 Å². The fraction of sp³-hybridized carbons (Fsp3) is 0.345. The van der Waals surface area contributed by atoms with E-state index in [-0.39, 0.29) is 35.7 Å². The summed E-state index contributed by atoms with van der Waals surface area (Å²) in [5.74, 6) is -0.902. The zero-order chi connectivity index (χ0) is 26.8. The van der Waals surface area contributed by atoms with Crippen molar-refractivity contribution in [1.82, 2.24) is 9.47 Å². The fourth-order valence-corrected chi connectivity index (χ4v) is 6.00. The average Bonchev–Trinajstić information content (AvgIpc) is 3.46. The Labute approximate surface area is 224 Å². The highest BCUT2D eigenvalue weighted by Crippen LogP contribution is 2.32. The maximum absolute atomic E-state index is 14.0. The first kappa shape index (κ1) is 26.0. The van der Waals surface area contributed by atoms with Crippen LogP contribution in [0.4, 0.5) is 10.1 Å². The minimum Gasteiger partial charge on any atom is -0.462 e. The number of pyridine rings is 1. The molecule has 1 saturated heterocycles. The van der Waals surface area contributed by atoms with Gasteiger partial charge in [-0.15, -0.1) is 11.8 Å². The summed E-state index contributed by atoms with van der Waals surface area (Å²) in [4.78, 5) is 44.1. The summed E-state index contributed by atoms with van der Waals surface area (Å²) in [6.45, 7) is 5.99. The standard InChI is InChI=1S/C29H30FN3O4S/c1-3-37-29(36)25-26(31-12-14-32(15-13-31)27(34)24-5-4-16-38-24)22-17-19(2)6-11-23(22)33(28(25)35)18-20-7-9-21(30)10-8-20/h4,6-11,16-17,24H,3,5,12-15,18H2,1-2H3. The van der Waals surface area contributed by atoms with Gasteiger partial charge in [-0.25, -0.2) is 9.18 Å². The molecule has 0 saturated carbocycles. The lowest BCUT2D eigenvalue weighted by molar-refractivity contribution is -0.130. The molecule has 5 rings (SSSR count). The number of esters is 1. The number of allylic oxidation sites excluding steroid dienone is 1. The Bertz CT molecular complexity index is 1450. The monoisotopic (exact) mass is 535 g/mol. The predicted octanol–water partition coefficient (Wildman–Crippen LogP) is 4.34. The number of benzene rings is 2. The van der Waals surface area contributed by atoms with Crippen molar-refractivity contribution in [1.29, 1.82) is 0 Å². The van der Waals surface area contributed by atoms with Crippen LogP contribution in [0.1, 0.15) is 34.8 Å². The van der Waals surface area contributed by atoms with E-state index in [9.17, 15) is 18.8 Å². The molecule has 0 radical (unpaired) electrons. The number of carbonyl (C=O) groups is 2. The third-order valence-electron chi connectivity index (χ3n) is 7.00. The Kier molecular flexibility index (Phi) is 7.56. The highest BCUT2D eigenvalue weighted by molar-refractivity contribution is 8.03. The van der Waals surface area contributed by atoms with Crippen molar-refractivity contribution < 1.29 is 18.7 Å². The fourth-order valence-electron chi connectivity index (χ4n) is 5.10. The maximum atomic E-state index is 14.0. The van der Waals surface area contributed by atoms with Crippen molar-refractivity contribution in [3.05, 3.63) is 86.8 Å². The summed E-state index contributed by atoms with van der Waals surface area (Å²) in [6, 6.07) is 11.8. The number of aromatic nitrogens is 1. The molecule has 2 aromatic carbocycles. The Balaban J connectivity index is 1.58. The van der Waals surface area contributed by atoms with Crippen molar-refractivity contribution in [3.8, 4) is 0 Å². The number of thioether (sulfide) groups is 1. The summed E-state index contributed by atoms with van der Waals surface area (Å²) < 4.78 is 20.4. The maximum Gasteiger partial charge on any atom is 0.345 e. The van der Waals surface area contributed by atoms with Gasteiger partial charge in [0.05, 0.1) is 29.6 Å². The van der Waals surface area contributed by atoms with Gasteiger partial charge in [-0.1, -0.05) is 29.8 Å². The summed E-state index contributed by atoms with van der Waals surface area (Å²) >= 11 is 1.55. The second-order valence-electron chi connectivity index (χ2n) is 9.53. The minimum absolute atomic E-state index is 0.0117. The van der Waals surface area contributed by atoms with E-state index in [1.165, 1.54) is 12.1 Å². The molecule has 0 spiro atoms. The van der Waals surface area contributed by atoms with Crippen LogP contribution in [-0.4, -0.2) is 59.4 Å². The van der Waals surface area contributed by atoms with Gasteiger partial charge in [-0.3, -0.25) is 9.59 Å². The molecule has 1 aromatic heterocycles. The number of carbonyl (C=O) groups excluding carboxylic acids is 2. The van der Waals surface area contributed by atoms with Crippen molar-refractivity contribution in [2.75, 3.05) is 37.7 Å². The van der Waals surface area contributed by atoms with Gasteiger partial charge in [0.25, 0.3) is 5.56 Å². The van der Waals surface area contributed by atoms with Gasteiger partial charge in [0.1, 0.15) is 11.4 Å². The number of piperazine rings is 1. The second kappa shape index (κ2) is 11.0. The van der Waals surface area contributed by atoms with Crippen LogP contribution in [-0.2, 0) is 16.1 Å². The number of rotatable bonds is 6. The van der Waals surface area contributed by atoms with E-state index >= 15 is 0 Å². The molecule has 2 aliphatic heterocycles. The van der Waals surface area contributed by atoms with Crippen LogP contribution in [0, 0.1) is 12.7 Å². The van der Waals surface area contributed by atoms with Crippen LogP contribution >= 0.6 is 11.8 Å². The molecule has 2 aliphatic rings. The van der Waals surface area contributed by atoms with E-state index in [1.807, 2.05) is 46.4 Å². The SMILES string of the molecule is CCOC(=O)c1c(N2CCN(C(=O)C3CC=CS3)CC2)c2cc(C)ccc2n(Cc2ccc(F)cc2)c1=O. The van der Waals surface area contributed by atoms with Crippen LogP contribution in [0.3, 0.4) is 0 Å². The highest BCUT2D eigenvalue weighted by atomic mass is 32.2.